The van der Waals surface area contributed by atoms with Crippen molar-refractivity contribution in [3.05, 3.63) is 10.7 Å². The smallest absolute Gasteiger partial charge is 0.211 e. The lowest BCUT2D eigenvalue weighted by Gasteiger charge is -2.04. The Hall–Kier alpha value is -0.0500. The lowest BCUT2D eigenvalue weighted by molar-refractivity contribution is 1.00. The Morgan fingerprint density at radius 1 is 1.08 bits per heavy atom. The SMILES string of the molecule is CC1=C(Cl)N=C(Cl)N=C(Cl)CC1. The molecule has 1 heterocycles. The van der Waals surface area contributed by atoms with E-state index >= 15 is 0 Å². The Labute approximate surface area is 85.9 Å². The number of hydrogen-bond acceptors (Lipinski definition) is 2. The highest BCUT2D eigenvalue weighted by Crippen LogP contribution is 2.20. The molecule has 1 aliphatic heterocycles. The lowest BCUT2D eigenvalue weighted by atomic mass is 10.2. The molecule has 1 rings (SSSR count). The van der Waals surface area contributed by atoms with Gasteiger partial charge in [-0.1, -0.05) is 23.2 Å². The van der Waals surface area contributed by atoms with Gasteiger partial charge in [0, 0.05) is 6.42 Å². The van der Waals surface area contributed by atoms with E-state index < -0.39 is 0 Å². The van der Waals surface area contributed by atoms with Crippen LogP contribution in [-0.2, 0) is 0 Å². The van der Waals surface area contributed by atoms with Crippen LogP contribution in [0.5, 0.6) is 0 Å². The molecule has 0 fully saturated rings. The monoisotopic (exact) mass is 224 g/mol. The standard InChI is InChI=1S/C7H7Cl3N2/c1-4-2-3-5(8)11-7(10)12-6(4)9/h2-3H2,1H3. The van der Waals surface area contributed by atoms with E-state index in [1.165, 1.54) is 0 Å². The second-order valence-corrected chi connectivity index (χ2v) is 3.57. The molecular formula is C7H7Cl3N2. The van der Waals surface area contributed by atoms with Gasteiger partial charge in [0.1, 0.15) is 10.3 Å². The number of allylic oxidation sites excluding steroid dienone is 1. The van der Waals surface area contributed by atoms with Crippen LogP contribution in [0, 0.1) is 0 Å². The zero-order valence-electron chi connectivity index (χ0n) is 6.44. The Bertz CT molecular complexity index is 278. The van der Waals surface area contributed by atoms with Gasteiger partial charge in [-0.05, 0) is 30.5 Å². The molecule has 0 amide bonds. The van der Waals surface area contributed by atoms with Crippen LogP contribution in [-0.4, -0.2) is 10.5 Å². The maximum absolute atomic E-state index is 5.78. The second kappa shape index (κ2) is 4.26. The van der Waals surface area contributed by atoms with E-state index in [1.807, 2.05) is 6.92 Å². The van der Waals surface area contributed by atoms with Crippen molar-refractivity contribution in [2.45, 2.75) is 19.8 Å². The van der Waals surface area contributed by atoms with Crippen molar-refractivity contribution in [1.82, 2.24) is 0 Å². The highest BCUT2D eigenvalue weighted by molar-refractivity contribution is 6.71. The molecule has 12 heavy (non-hydrogen) atoms. The van der Waals surface area contributed by atoms with Gasteiger partial charge in [0.15, 0.2) is 0 Å². The summed E-state index contributed by atoms with van der Waals surface area (Å²) in [7, 11) is 0. The van der Waals surface area contributed by atoms with Gasteiger partial charge in [-0.15, -0.1) is 0 Å². The van der Waals surface area contributed by atoms with Gasteiger partial charge in [0.2, 0.25) is 5.29 Å². The van der Waals surface area contributed by atoms with E-state index in [1.54, 1.807) is 0 Å². The van der Waals surface area contributed by atoms with E-state index in [-0.39, 0.29) is 5.29 Å². The molecule has 0 saturated carbocycles. The van der Waals surface area contributed by atoms with Crippen LogP contribution in [0.25, 0.3) is 0 Å². The third-order valence-electron chi connectivity index (χ3n) is 1.46. The van der Waals surface area contributed by atoms with Gasteiger partial charge in [0.05, 0.1) is 0 Å². The summed E-state index contributed by atoms with van der Waals surface area (Å²) in [6.45, 7) is 1.89. The lowest BCUT2D eigenvalue weighted by Crippen LogP contribution is -1.97. The van der Waals surface area contributed by atoms with Crippen LogP contribution >= 0.6 is 34.8 Å². The Morgan fingerprint density at radius 2 is 1.75 bits per heavy atom. The minimum absolute atomic E-state index is 0.0871. The van der Waals surface area contributed by atoms with E-state index in [9.17, 15) is 0 Å². The van der Waals surface area contributed by atoms with E-state index in [0.29, 0.717) is 16.7 Å². The average Bonchev–Trinajstić information content (AvgIpc) is 1.98. The molecule has 0 aliphatic carbocycles. The normalized spacial score (nSPS) is 19.7. The molecule has 0 radical (unpaired) electrons. The van der Waals surface area contributed by atoms with Crippen molar-refractivity contribution in [2.75, 3.05) is 0 Å². The predicted molar refractivity (Wildman–Crippen MR) is 54.4 cm³/mol. The van der Waals surface area contributed by atoms with Crippen molar-refractivity contribution in [3.63, 3.8) is 0 Å². The van der Waals surface area contributed by atoms with Crippen LogP contribution in [0.2, 0.25) is 0 Å². The third kappa shape index (κ3) is 2.77. The van der Waals surface area contributed by atoms with E-state index in [0.717, 1.165) is 12.0 Å². The maximum atomic E-state index is 5.78. The summed E-state index contributed by atoms with van der Waals surface area (Å²) >= 11 is 17.1. The van der Waals surface area contributed by atoms with Crippen molar-refractivity contribution >= 4 is 45.3 Å². The quantitative estimate of drug-likeness (QED) is 0.564. The molecular weight excluding hydrogens is 218 g/mol. The van der Waals surface area contributed by atoms with Gasteiger partial charge in [-0.3, -0.25) is 0 Å². The van der Waals surface area contributed by atoms with Crippen molar-refractivity contribution < 1.29 is 0 Å². The van der Waals surface area contributed by atoms with Gasteiger partial charge in [-0.25, -0.2) is 9.98 Å². The molecule has 0 saturated heterocycles. The first-order valence-corrected chi connectivity index (χ1v) is 4.55. The van der Waals surface area contributed by atoms with Crippen LogP contribution in [0.4, 0.5) is 0 Å². The first-order chi connectivity index (χ1) is 5.59. The first-order valence-electron chi connectivity index (χ1n) is 3.42. The molecule has 0 atom stereocenters. The summed E-state index contributed by atoms with van der Waals surface area (Å²) in [5, 5.41) is 0.962. The molecule has 0 aromatic carbocycles. The van der Waals surface area contributed by atoms with Crippen LogP contribution in [0.3, 0.4) is 0 Å². The number of aliphatic imine (C=N–C) groups is 2. The summed E-state index contributed by atoms with van der Waals surface area (Å²) in [4.78, 5) is 7.62. The highest BCUT2D eigenvalue weighted by Gasteiger charge is 2.06. The topological polar surface area (TPSA) is 24.7 Å². The number of nitrogens with zero attached hydrogens (tertiary/aromatic N) is 2. The minimum atomic E-state index is 0.0871. The number of hydrogen-bond donors (Lipinski definition) is 0. The number of rotatable bonds is 0. The fraction of sp³-hybridized carbons (Fsp3) is 0.429. The summed E-state index contributed by atoms with van der Waals surface area (Å²) in [5.74, 6) is 0. The fourth-order valence-corrected chi connectivity index (χ4v) is 1.37. The first kappa shape index (κ1) is 10.0. The zero-order chi connectivity index (χ0) is 9.14. The molecule has 0 aromatic rings. The van der Waals surface area contributed by atoms with Crippen molar-refractivity contribution in [2.24, 2.45) is 9.98 Å². The molecule has 66 valence electrons. The third-order valence-corrected chi connectivity index (χ3v) is 2.31. The molecule has 0 bridgehead atoms. The Balaban J connectivity index is 2.99. The minimum Gasteiger partial charge on any atom is -0.211 e. The van der Waals surface area contributed by atoms with Crippen molar-refractivity contribution in [3.8, 4) is 0 Å². The summed E-state index contributed by atoms with van der Waals surface area (Å²) in [6, 6.07) is 0. The van der Waals surface area contributed by atoms with Gasteiger partial charge in [0.25, 0.3) is 0 Å². The predicted octanol–water partition coefficient (Wildman–Crippen LogP) is 3.48. The molecule has 2 nitrogen and oxygen atoms in total. The highest BCUT2D eigenvalue weighted by atomic mass is 35.5. The van der Waals surface area contributed by atoms with E-state index in [2.05, 4.69) is 9.98 Å². The van der Waals surface area contributed by atoms with Crippen LogP contribution in [0.15, 0.2) is 20.7 Å². The Morgan fingerprint density at radius 3 is 2.42 bits per heavy atom. The Kier molecular flexibility index (Phi) is 3.56. The average molecular weight is 226 g/mol. The van der Waals surface area contributed by atoms with Gasteiger partial charge in [-0.2, -0.15) is 0 Å². The largest absolute Gasteiger partial charge is 0.224 e. The molecule has 0 spiro atoms. The van der Waals surface area contributed by atoms with Crippen LogP contribution in [0.1, 0.15) is 19.8 Å². The number of halogens is 3. The van der Waals surface area contributed by atoms with E-state index in [4.69, 9.17) is 34.8 Å². The second-order valence-electron chi connectivity index (χ2n) is 2.44. The molecule has 5 heteroatoms. The summed E-state index contributed by atoms with van der Waals surface area (Å²) < 4.78 is 0. The maximum Gasteiger partial charge on any atom is 0.224 e. The van der Waals surface area contributed by atoms with Gasteiger partial charge < -0.3 is 0 Å². The molecule has 0 unspecified atom stereocenters. The molecule has 1 aliphatic rings. The summed E-state index contributed by atoms with van der Waals surface area (Å²) in [5.41, 5.74) is 0.975. The van der Waals surface area contributed by atoms with Gasteiger partial charge >= 0.3 is 0 Å². The number of amidine groups is 1. The van der Waals surface area contributed by atoms with Crippen molar-refractivity contribution in [1.29, 1.82) is 0 Å². The summed E-state index contributed by atoms with van der Waals surface area (Å²) in [6.07, 6.45) is 1.43. The molecule has 0 N–H and O–H groups in total. The van der Waals surface area contributed by atoms with Crippen LogP contribution < -0.4 is 0 Å². The molecule has 0 aromatic heterocycles. The zero-order valence-corrected chi connectivity index (χ0v) is 8.71. The fourth-order valence-electron chi connectivity index (χ4n) is 0.751.